The van der Waals surface area contributed by atoms with E-state index in [1.807, 2.05) is 84.9 Å². The molecule has 2 aromatic heterocycles. The molecule has 0 unspecified atom stereocenters. The maximum absolute atomic E-state index is 13.6. The van der Waals surface area contributed by atoms with Crippen LogP contribution in [-0.4, -0.2) is 94.6 Å². The highest BCUT2D eigenvalue weighted by Gasteiger charge is 2.46. The SMILES string of the molecule is COc1ccc(C(OC[C@H]2OC[C@@H](n3cnc4c(=O)[nH]c(/N=C/N(C)C)nc43)[C@H](OC(=O)c3ccccc3)[C@@H]2O)(c2ccccc2)c2ccccc2)cc1. The predicted octanol–water partition coefficient (Wildman–Crippen LogP) is 4.88. The Morgan fingerprint density at radius 2 is 1.57 bits per heavy atom. The zero-order valence-corrected chi connectivity index (χ0v) is 30.0. The molecule has 3 heterocycles. The third kappa shape index (κ3) is 7.24. The van der Waals surface area contributed by atoms with Crippen molar-refractivity contribution in [2.45, 2.75) is 30.0 Å². The Bertz CT molecular complexity index is 2220. The molecule has 1 fully saturated rings. The first kappa shape index (κ1) is 36.2. The third-order valence-corrected chi connectivity index (χ3v) is 9.34. The molecule has 6 aromatic rings. The Hall–Kier alpha value is -6.15. The lowest BCUT2D eigenvalue weighted by molar-refractivity contribution is -0.185. The third-order valence-electron chi connectivity index (χ3n) is 9.34. The maximum atomic E-state index is 13.6. The van der Waals surface area contributed by atoms with Gasteiger partial charge in [0.1, 0.15) is 23.6 Å². The minimum Gasteiger partial charge on any atom is -0.497 e. The molecule has 0 amide bonds. The molecule has 7 rings (SSSR count). The molecule has 1 saturated heterocycles. The predicted molar refractivity (Wildman–Crippen MR) is 202 cm³/mol. The van der Waals surface area contributed by atoms with Gasteiger partial charge in [-0.1, -0.05) is 91.0 Å². The standard InChI is InChI=1S/C41H40N6O7/c1-46(2)25-43-40-44-37-34(38(49)45-40)42-26-47(37)32-23-52-33(35(48)36(32)54-39(50)27-13-7-4-8-14-27)24-53-41(28-15-9-5-10-16-28,29-17-11-6-12-18-29)30-19-21-31(51-3)22-20-30/h4-22,25-26,32-33,35-36,48H,23-24H2,1-3H3,(H,44,45,49)/b43-25+/t32-,33-,35-,36+/m1/s1. The van der Waals surface area contributed by atoms with Crippen LogP contribution in [0.1, 0.15) is 33.1 Å². The van der Waals surface area contributed by atoms with Crippen molar-refractivity contribution in [3.05, 3.63) is 154 Å². The molecule has 0 spiro atoms. The summed E-state index contributed by atoms with van der Waals surface area (Å²) in [6.07, 6.45) is -0.582. The van der Waals surface area contributed by atoms with Crippen LogP contribution in [0.5, 0.6) is 5.75 Å². The number of rotatable bonds is 12. The number of carbonyl (C=O) groups is 1. The van der Waals surface area contributed by atoms with E-state index in [1.165, 1.54) is 12.7 Å². The highest BCUT2D eigenvalue weighted by molar-refractivity contribution is 5.89. The van der Waals surface area contributed by atoms with Crippen LogP contribution < -0.4 is 10.3 Å². The summed E-state index contributed by atoms with van der Waals surface area (Å²) in [5, 5.41) is 12.1. The molecule has 13 heteroatoms. The zero-order chi connectivity index (χ0) is 37.7. The number of ether oxygens (including phenoxy) is 4. The number of esters is 1. The smallest absolute Gasteiger partial charge is 0.338 e. The summed E-state index contributed by atoms with van der Waals surface area (Å²) in [5.41, 5.74) is 1.44. The van der Waals surface area contributed by atoms with Crippen molar-refractivity contribution in [3.8, 4) is 5.75 Å². The summed E-state index contributed by atoms with van der Waals surface area (Å²) >= 11 is 0. The number of nitrogens with one attached hydrogen (secondary N) is 1. The second-order valence-corrected chi connectivity index (χ2v) is 13.0. The lowest BCUT2D eigenvalue weighted by atomic mass is 9.80. The topological polar surface area (TPSA) is 153 Å². The van der Waals surface area contributed by atoms with Gasteiger partial charge in [0.15, 0.2) is 17.3 Å². The Balaban J connectivity index is 1.27. The van der Waals surface area contributed by atoms with Crippen molar-refractivity contribution in [1.82, 2.24) is 24.4 Å². The fourth-order valence-corrected chi connectivity index (χ4v) is 6.67. The largest absolute Gasteiger partial charge is 0.497 e. The summed E-state index contributed by atoms with van der Waals surface area (Å²) < 4.78 is 26.6. The van der Waals surface area contributed by atoms with E-state index in [0.717, 1.165) is 16.7 Å². The van der Waals surface area contributed by atoms with E-state index in [9.17, 15) is 14.7 Å². The number of methoxy groups -OCH3 is 1. The number of aromatic nitrogens is 4. The highest BCUT2D eigenvalue weighted by Crippen LogP contribution is 2.42. The minimum atomic E-state index is -1.39. The maximum Gasteiger partial charge on any atom is 0.338 e. The first-order valence-corrected chi connectivity index (χ1v) is 17.4. The first-order chi connectivity index (χ1) is 26.3. The molecule has 4 atom stereocenters. The Labute approximate surface area is 311 Å². The Morgan fingerprint density at radius 1 is 0.963 bits per heavy atom. The molecular formula is C41H40N6O7. The second kappa shape index (κ2) is 15.8. The van der Waals surface area contributed by atoms with Gasteiger partial charge in [0, 0.05) is 14.1 Å². The van der Waals surface area contributed by atoms with Gasteiger partial charge in [-0.25, -0.2) is 14.8 Å². The fraction of sp³-hybridized carbons (Fsp3) is 0.244. The van der Waals surface area contributed by atoms with Crippen molar-refractivity contribution in [3.63, 3.8) is 0 Å². The molecule has 276 valence electrons. The normalized spacial score (nSPS) is 18.8. The van der Waals surface area contributed by atoms with E-state index >= 15 is 0 Å². The molecule has 0 radical (unpaired) electrons. The van der Waals surface area contributed by atoms with Gasteiger partial charge < -0.3 is 33.5 Å². The van der Waals surface area contributed by atoms with Crippen molar-refractivity contribution in [1.29, 1.82) is 0 Å². The van der Waals surface area contributed by atoms with Gasteiger partial charge in [-0.05, 0) is 41.0 Å². The van der Waals surface area contributed by atoms with E-state index in [1.54, 1.807) is 61.0 Å². The van der Waals surface area contributed by atoms with Crippen molar-refractivity contribution >= 4 is 29.4 Å². The van der Waals surface area contributed by atoms with Crippen molar-refractivity contribution in [2.75, 3.05) is 34.4 Å². The minimum absolute atomic E-state index is 0.0414. The molecular weight excluding hydrogens is 688 g/mol. The summed E-state index contributed by atoms with van der Waals surface area (Å²) in [7, 11) is 5.19. The van der Waals surface area contributed by atoms with Gasteiger partial charge >= 0.3 is 5.97 Å². The number of hydrogen-bond acceptors (Lipinski definition) is 10. The molecule has 1 aliphatic heterocycles. The monoisotopic (exact) mass is 728 g/mol. The highest BCUT2D eigenvalue weighted by atomic mass is 16.6. The molecule has 0 bridgehead atoms. The average molecular weight is 729 g/mol. The Kier molecular flexibility index (Phi) is 10.6. The van der Waals surface area contributed by atoms with Crippen molar-refractivity contribution in [2.24, 2.45) is 4.99 Å². The zero-order valence-electron chi connectivity index (χ0n) is 30.0. The molecule has 0 aliphatic carbocycles. The van der Waals surface area contributed by atoms with Gasteiger partial charge in [-0.2, -0.15) is 4.98 Å². The number of aliphatic hydroxyl groups excluding tert-OH is 1. The van der Waals surface area contributed by atoms with E-state index in [2.05, 4.69) is 19.9 Å². The number of aliphatic imine (C=N–C) groups is 1. The van der Waals surface area contributed by atoms with Gasteiger partial charge in [0.2, 0.25) is 5.95 Å². The number of benzene rings is 4. The summed E-state index contributed by atoms with van der Waals surface area (Å²) in [4.78, 5) is 44.0. The van der Waals surface area contributed by atoms with Crippen LogP contribution in [0.25, 0.3) is 11.2 Å². The number of aliphatic hydroxyl groups is 1. The van der Waals surface area contributed by atoms with Crippen LogP contribution in [0, 0.1) is 0 Å². The second-order valence-electron chi connectivity index (χ2n) is 13.0. The van der Waals surface area contributed by atoms with Crippen LogP contribution in [0.15, 0.2) is 131 Å². The molecule has 4 aromatic carbocycles. The first-order valence-electron chi connectivity index (χ1n) is 17.4. The number of carbonyl (C=O) groups excluding carboxylic acids is 1. The van der Waals surface area contributed by atoms with E-state index in [-0.39, 0.29) is 30.3 Å². The van der Waals surface area contributed by atoms with Crippen LogP contribution in [0.3, 0.4) is 0 Å². The lowest BCUT2D eigenvalue weighted by Gasteiger charge is -2.42. The number of nitrogens with zero attached hydrogens (tertiary/aromatic N) is 5. The van der Waals surface area contributed by atoms with Gasteiger partial charge in [-0.15, -0.1) is 0 Å². The van der Waals surface area contributed by atoms with Crippen LogP contribution >= 0.6 is 0 Å². The fourth-order valence-electron chi connectivity index (χ4n) is 6.67. The molecule has 2 N–H and O–H groups in total. The summed E-state index contributed by atoms with van der Waals surface area (Å²) in [6, 6.07) is 35.0. The number of hydrogen-bond donors (Lipinski definition) is 2. The van der Waals surface area contributed by atoms with Crippen molar-refractivity contribution < 1.29 is 28.8 Å². The van der Waals surface area contributed by atoms with E-state index in [4.69, 9.17) is 18.9 Å². The Morgan fingerprint density at radius 3 is 2.19 bits per heavy atom. The van der Waals surface area contributed by atoms with E-state index < -0.39 is 41.5 Å². The molecule has 1 aliphatic rings. The van der Waals surface area contributed by atoms with E-state index in [0.29, 0.717) is 11.3 Å². The van der Waals surface area contributed by atoms with Gasteiger partial charge in [-0.3, -0.25) is 9.78 Å². The van der Waals surface area contributed by atoms with Crippen LogP contribution in [0.2, 0.25) is 0 Å². The number of aromatic amines is 1. The number of H-pyrrole nitrogens is 1. The van der Waals surface area contributed by atoms with Gasteiger partial charge in [0.05, 0.1) is 44.6 Å². The lowest BCUT2D eigenvalue weighted by Crippen LogP contribution is -2.54. The number of imidazole rings is 1. The molecule has 54 heavy (non-hydrogen) atoms. The quantitative estimate of drug-likeness (QED) is 0.0772. The summed E-state index contributed by atoms with van der Waals surface area (Å²) in [5.74, 6) is 0.106. The van der Waals surface area contributed by atoms with Crippen LogP contribution in [0.4, 0.5) is 5.95 Å². The average Bonchev–Trinajstić information content (AvgIpc) is 3.64. The summed E-state index contributed by atoms with van der Waals surface area (Å²) in [6.45, 7) is -0.143. The molecule has 0 saturated carbocycles. The molecule has 13 nitrogen and oxygen atoms in total. The van der Waals surface area contributed by atoms with Gasteiger partial charge in [0.25, 0.3) is 5.56 Å². The number of fused-ring (bicyclic) bond motifs is 1. The van der Waals surface area contributed by atoms with Crippen LogP contribution in [-0.2, 0) is 19.8 Å².